The Balaban J connectivity index is 0. The first-order chi connectivity index (χ1) is 7.18. The molecule has 0 aromatic rings. The van der Waals surface area contributed by atoms with Gasteiger partial charge in [0.1, 0.15) is 0 Å². The molecule has 0 aliphatic heterocycles. The van der Waals surface area contributed by atoms with Crippen molar-refractivity contribution >= 4 is 5.97 Å². The highest BCUT2D eigenvalue weighted by molar-refractivity contribution is 5.71. The second-order valence-electron chi connectivity index (χ2n) is 4.12. The van der Waals surface area contributed by atoms with E-state index >= 15 is 0 Å². The Labute approximate surface area is 98.0 Å². The molecule has 0 heterocycles. The zero-order valence-electron chi connectivity index (χ0n) is 10.2. The van der Waals surface area contributed by atoms with Crippen LogP contribution in [0.4, 0.5) is 0 Å². The fourth-order valence-corrected chi connectivity index (χ4v) is 1.60. The van der Waals surface area contributed by atoms with Gasteiger partial charge in [0.15, 0.2) is 6.10 Å². The molecule has 0 aromatic carbocycles. The summed E-state index contributed by atoms with van der Waals surface area (Å²) in [5.41, 5.74) is 0. The molecule has 1 atom stereocenters. The number of carbonyl (C=O) groups is 1. The molecule has 0 aliphatic rings. The molecule has 0 rings (SSSR count). The van der Waals surface area contributed by atoms with Gasteiger partial charge in [0.2, 0.25) is 0 Å². The van der Waals surface area contributed by atoms with E-state index in [1.807, 2.05) is 0 Å². The van der Waals surface area contributed by atoms with Gasteiger partial charge in [0.05, 0.1) is 0 Å². The molecule has 16 heavy (non-hydrogen) atoms. The quantitative estimate of drug-likeness (QED) is 0.567. The van der Waals surface area contributed by atoms with E-state index in [2.05, 4.69) is 6.92 Å². The van der Waals surface area contributed by atoms with Crippen LogP contribution in [0.3, 0.4) is 0 Å². The molecule has 0 aliphatic carbocycles. The van der Waals surface area contributed by atoms with E-state index in [9.17, 15) is 4.79 Å². The summed E-state index contributed by atoms with van der Waals surface area (Å²) in [5, 5.41) is 17.4. The number of carboxylic acids is 1. The first-order valence-corrected chi connectivity index (χ1v) is 6.09. The van der Waals surface area contributed by atoms with Crippen LogP contribution < -0.4 is 0 Å². The normalized spacial score (nSPS) is 11.9. The number of unbranched alkanes of at least 4 members (excludes halogenated alkanes) is 7. The predicted octanol–water partition coefficient (Wildman–Crippen LogP) is 2.14. The van der Waals surface area contributed by atoms with Gasteiger partial charge < -0.3 is 15.7 Å². The average molecular weight is 234 g/mol. The van der Waals surface area contributed by atoms with Gasteiger partial charge in [-0.05, 0) is 6.42 Å². The Morgan fingerprint density at radius 1 is 1.00 bits per heavy atom. The lowest BCUT2D eigenvalue weighted by Crippen LogP contribution is -2.18. The van der Waals surface area contributed by atoms with E-state index in [1.54, 1.807) is 0 Å². The summed E-state index contributed by atoms with van der Waals surface area (Å²) in [6.07, 6.45) is 8.68. The maximum absolute atomic E-state index is 10.3. The summed E-state index contributed by atoms with van der Waals surface area (Å²) in [6, 6.07) is 0. The Morgan fingerprint density at radius 2 is 1.44 bits per heavy atom. The Morgan fingerprint density at radius 3 is 1.88 bits per heavy atom. The lowest BCUT2D eigenvalue weighted by molar-refractivity contribution is -0.146. The van der Waals surface area contributed by atoms with Gasteiger partial charge in [-0.3, -0.25) is 0 Å². The van der Waals surface area contributed by atoms with Crippen LogP contribution in [0.2, 0.25) is 0 Å². The highest BCUT2D eigenvalue weighted by Crippen LogP contribution is 2.10. The fourth-order valence-electron chi connectivity index (χ4n) is 1.60. The zero-order chi connectivity index (χ0) is 11.5. The zero-order valence-corrected chi connectivity index (χ0v) is 10.2. The first kappa shape index (κ1) is 17.8. The van der Waals surface area contributed by atoms with Gasteiger partial charge in [-0.1, -0.05) is 58.3 Å². The van der Waals surface area contributed by atoms with Crippen LogP contribution in [0, 0.1) is 0 Å². The monoisotopic (exact) mass is 234 g/mol. The molecular formula is C12H26O4. The third-order valence-corrected chi connectivity index (χ3v) is 2.62. The summed E-state index contributed by atoms with van der Waals surface area (Å²) in [4.78, 5) is 10.3. The molecule has 4 N–H and O–H groups in total. The molecule has 4 nitrogen and oxygen atoms in total. The molecule has 0 saturated carbocycles. The van der Waals surface area contributed by atoms with E-state index in [1.165, 1.54) is 32.1 Å². The van der Waals surface area contributed by atoms with Crippen LogP contribution >= 0.6 is 0 Å². The minimum atomic E-state index is -1.16. The summed E-state index contributed by atoms with van der Waals surface area (Å²) < 4.78 is 0. The number of aliphatic hydroxyl groups is 1. The fraction of sp³-hybridized carbons (Fsp3) is 0.917. The number of hydrogen-bond acceptors (Lipinski definition) is 2. The van der Waals surface area contributed by atoms with Crippen LogP contribution in [0.15, 0.2) is 0 Å². The Bertz CT molecular complexity index is 159. The second kappa shape index (κ2) is 12.5. The minimum Gasteiger partial charge on any atom is -0.479 e. The molecule has 4 heteroatoms. The topological polar surface area (TPSA) is 89.0 Å². The van der Waals surface area contributed by atoms with Crippen LogP contribution in [0.25, 0.3) is 0 Å². The molecule has 0 aromatic heterocycles. The second-order valence-corrected chi connectivity index (χ2v) is 4.12. The van der Waals surface area contributed by atoms with E-state index in [0.29, 0.717) is 6.42 Å². The summed E-state index contributed by atoms with van der Waals surface area (Å²) >= 11 is 0. The van der Waals surface area contributed by atoms with E-state index in [0.717, 1.165) is 19.3 Å². The van der Waals surface area contributed by atoms with Crippen molar-refractivity contribution in [2.45, 2.75) is 70.8 Å². The van der Waals surface area contributed by atoms with E-state index in [-0.39, 0.29) is 5.48 Å². The molecule has 98 valence electrons. The molecule has 0 saturated heterocycles. The third-order valence-electron chi connectivity index (χ3n) is 2.62. The molecule has 0 radical (unpaired) electrons. The van der Waals surface area contributed by atoms with E-state index < -0.39 is 12.1 Å². The van der Waals surface area contributed by atoms with Crippen molar-refractivity contribution in [2.24, 2.45) is 0 Å². The minimum absolute atomic E-state index is 0. The molecule has 1 unspecified atom stereocenters. The molecule has 0 fully saturated rings. The van der Waals surface area contributed by atoms with Gasteiger partial charge in [0.25, 0.3) is 0 Å². The first-order valence-electron chi connectivity index (χ1n) is 6.09. The summed E-state index contributed by atoms with van der Waals surface area (Å²) in [6.45, 7) is 2.20. The van der Waals surface area contributed by atoms with Crippen LogP contribution in [-0.2, 0) is 4.79 Å². The van der Waals surface area contributed by atoms with Crippen molar-refractivity contribution in [1.82, 2.24) is 0 Å². The number of aliphatic hydroxyl groups excluding tert-OH is 1. The van der Waals surface area contributed by atoms with Gasteiger partial charge in [-0.2, -0.15) is 0 Å². The number of hydrogen-bond donors (Lipinski definition) is 2. The van der Waals surface area contributed by atoms with Crippen LogP contribution in [0.5, 0.6) is 0 Å². The molecule has 0 spiro atoms. The van der Waals surface area contributed by atoms with Crippen molar-refractivity contribution in [3.8, 4) is 0 Å². The third kappa shape index (κ3) is 11.5. The van der Waals surface area contributed by atoms with Crippen molar-refractivity contribution in [2.75, 3.05) is 0 Å². The van der Waals surface area contributed by atoms with Crippen molar-refractivity contribution in [1.29, 1.82) is 0 Å². The Hall–Kier alpha value is -0.610. The predicted molar refractivity (Wildman–Crippen MR) is 64.5 cm³/mol. The molecule has 0 amide bonds. The van der Waals surface area contributed by atoms with Gasteiger partial charge >= 0.3 is 5.97 Å². The van der Waals surface area contributed by atoms with E-state index in [4.69, 9.17) is 10.2 Å². The lowest BCUT2D eigenvalue weighted by atomic mass is 10.1. The summed E-state index contributed by atoms with van der Waals surface area (Å²) in [5.74, 6) is -1.10. The lowest BCUT2D eigenvalue weighted by Gasteiger charge is -2.04. The Kier molecular flexibility index (Phi) is 13.8. The number of carboxylic acid groups (broad SMARTS) is 1. The van der Waals surface area contributed by atoms with Gasteiger partial charge in [-0.25, -0.2) is 4.79 Å². The number of aliphatic carboxylic acids is 1. The highest BCUT2D eigenvalue weighted by atomic mass is 16.4. The van der Waals surface area contributed by atoms with Crippen molar-refractivity contribution in [3.05, 3.63) is 0 Å². The van der Waals surface area contributed by atoms with Crippen LogP contribution in [-0.4, -0.2) is 27.8 Å². The van der Waals surface area contributed by atoms with Gasteiger partial charge in [-0.15, -0.1) is 0 Å². The largest absolute Gasteiger partial charge is 0.479 e. The maximum Gasteiger partial charge on any atom is 0.332 e. The summed E-state index contributed by atoms with van der Waals surface area (Å²) in [7, 11) is 0. The SMILES string of the molecule is CCCCCCCCCCC(O)C(=O)O.O. The smallest absolute Gasteiger partial charge is 0.332 e. The van der Waals surface area contributed by atoms with Crippen LogP contribution in [0.1, 0.15) is 64.7 Å². The van der Waals surface area contributed by atoms with Crippen molar-refractivity contribution in [3.63, 3.8) is 0 Å². The average Bonchev–Trinajstić information content (AvgIpc) is 2.21. The molecule has 0 bridgehead atoms. The van der Waals surface area contributed by atoms with Crippen molar-refractivity contribution < 1.29 is 20.5 Å². The standard InChI is InChI=1S/C12H24O3.H2O/c1-2-3-4-5-6-7-8-9-10-11(13)12(14)15;/h11,13H,2-10H2,1H3,(H,14,15);1H2. The highest BCUT2D eigenvalue weighted by Gasteiger charge is 2.11. The maximum atomic E-state index is 10.3. The van der Waals surface area contributed by atoms with Gasteiger partial charge in [0, 0.05) is 0 Å². The molecular weight excluding hydrogens is 208 g/mol. The number of rotatable bonds is 10.